The molecule has 1 spiro atoms. The number of benzene rings is 1. The number of rotatable bonds is 1. The molecule has 0 N–H and O–H groups in total. The van der Waals surface area contributed by atoms with Crippen molar-refractivity contribution < 1.29 is 9.22 Å². The van der Waals surface area contributed by atoms with E-state index in [1.54, 1.807) is 0 Å². The van der Waals surface area contributed by atoms with Crippen LogP contribution in [0.1, 0.15) is 42.5 Å². The molecule has 2 saturated heterocycles. The van der Waals surface area contributed by atoms with Crippen LogP contribution in [0, 0.1) is 13.8 Å². The van der Waals surface area contributed by atoms with Gasteiger partial charge in [-0.25, -0.2) is 0 Å². The zero-order valence-electron chi connectivity index (χ0n) is 14.1. The zero-order chi connectivity index (χ0) is 15.4. The number of aryl methyl sites for hydroxylation is 2. The Hall–Kier alpha value is -1.12. The predicted molar refractivity (Wildman–Crippen MR) is 87.3 cm³/mol. The lowest BCUT2D eigenvalue weighted by molar-refractivity contribution is -0.932. The van der Waals surface area contributed by atoms with E-state index in [-0.39, 0.29) is 5.60 Å². The van der Waals surface area contributed by atoms with Crippen LogP contribution in [0.5, 0.6) is 0 Å². The van der Waals surface area contributed by atoms with Gasteiger partial charge in [0.15, 0.2) is 0 Å². The van der Waals surface area contributed by atoms with Crippen LogP contribution in [-0.2, 0) is 4.74 Å². The van der Waals surface area contributed by atoms with Gasteiger partial charge in [-0.2, -0.15) is 0 Å². The zero-order valence-corrected chi connectivity index (χ0v) is 14.1. The molecule has 2 heterocycles. The summed E-state index contributed by atoms with van der Waals surface area (Å²) in [5, 5.41) is 0. The van der Waals surface area contributed by atoms with E-state index >= 15 is 0 Å². The van der Waals surface area contributed by atoms with Gasteiger partial charge in [0.05, 0.1) is 26.7 Å². The molecule has 2 aliphatic heterocycles. The third-order valence-electron chi connectivity index (χ3n) is 5.90. The van der Waals surface area contributed by atoms with Crippen LogP contribution >= 0.6 is 0 Å². The minimum absolute atomic E-state index is 0.0539. The molecule has 0 bridgehead atoms. The van der Waals surface area contributed by atoms with E-state index in [1.165, 1.54) is 22.3 Å². The second-order valence-electron chi connectivity index (χ2n) is 7.71. The topological polar surface area (TPSA) is 9.23 Å². The molecular weight excluding hydrogens is 258 g/mol. The summed E-state index contributed by atoms with van der Waals surface area (Å²) in [6.07, 6.45) is 2.13. The number of hydrogen-bond acceptors (Lipinski definition) is 1. The van der Waals surface area contributed by atoms with Crippen LogP contribution in [0.3, 0.4) is 0 Å². The Kier molecular flexibility index (Phi) is 3.30. The fourth-order valence-electron chi connectivity index (χ4n) is 4.41. The quantitative estimate of drug-likeness (QED) is 0.561. The molecule has 1 aromatic rings. The predicted octanol–water partition coefficient (Wildman–Crippen LogP) is 3.93. The van der Waals surface area contributed by atoms with Gasteiger partial charge in [0.2, 0.25) is 0 Å². The second kappa shape index (κ2) is 4.69. The molecule has 2 aliphatic rings. The number of hydrogen-bond donors (Lipinski definition) is 0. The standard InChI is InChI=1S/C19H28NO/c1-13-10-19(21-12-13)11-16(4)20(5,6)18(19)17-8-7-14(2)15(3)9-17/h7-9,16,18H,1,10-12H2,2-6H3/q+1. The number of likely N-dealkylation sites (N-methyl/N-ethyl adjacent to an activating group) is 1. The van der Waals surface area contributed by atoms with Gasteiger partial charge >= 0.3 is 0 Å². The summed E-state index contributed by atoms with van der Waals surface area (Å²) in [4.78, 5) is 0. The Morgan fingerprint density at radius 1 is 1.24 bits per heavy atom. The lowest BCUT2D eigenvalue weighted by Gasteiger charge is -2.40. The van der Waals surface area contributed by atoms with Gasteiger partial charge in [-0.3, -0.25) is 0 Å². The number of likely N-dealkylation sites (tertiary alicyclic amines) is 1. The summed E-state index contributed by atoms with van der Waals surface area (Å²) in [5.41, 5.74) is 5.35. The molecule has 2 heteroatoms. The van der Waals surface area contributed by atoms with Gasteiger partial charge in [-0.1, -0.05) is 18.7 Å². The molecule has 0 saturated carbocycles. The fraction of sp³-hybridized carbons (Fsp3) is 0.579. The smallest absolute Gasteiger partial charge is 0.144 e. The molecule has 0 radical (unpaired) electrons. The normalized spacial score (nSPS) is 34.8. The summed E-state index contributed by atoms with van der Waals surface area (Å²) in [5.74, 6) is 0. The van der Waals surface area contributed by atoms with Crippen LogP contribution in [0.25, 0.3) is 0 Å². The van der Waals surface area contributed by atoms with Crippen molar-refractivity contribution in [2.24, 2.45) is 0 Å². The maximum atomic E-state index is 6.34. The van der Waals surface area contributed by atoms with Gasteiger partial charge in [-0.05, 0) is 43.5 Å². The van der Waals surface area contributed by atoms with Gasteiger partial charge < -0.3 is 9.22 Å². The average Bonchev–Trinajstić information content (AvgIpc) is 2.83. The Labute approximate surface area is 129 Å². The Balaban J connectivity index is 2.10. The monoisotopic (exact) mass is 286 g/mol. The van der Waals surface area contributed by atoms with E-state index in [2.05, 4.69) is 59.6 Å². The third-order valence-corrected chi connectivity index (χ3v) is 5.90. The molecule has 2 fully saturated rings. The van der Waals surface area contributed by atoms with Gasteiger partial charge in [0, 0.05) is 18.4 Å². The third kappa shape index (κ3) is 2.16. The van der Waals surface area contributed by atoms with E-state index in [0.29, 0.717) is 12.1 Å². The molecule has 3 rings (SSSR count). The number of quaternary nitrogens is 1. The summed E-state index contributed by atoms with van der Waals surface area (Å²) in [7, 11) is 4.70. The number of nitrogens with zero attached hydrogens (tertiary/aromatic N) is 1. The lowest BCUT2D eigenvalue weighted by Crippen LogP contribution is -2.48. The van der Waals surface area contributed by atoms with E-state index in [0.717, 1.165) is 23.9 Å². The van der Waals surface area contributed by atoms with Gasteiger partial charge in [0.1, 0.15) is 11.6 Å². The van der Waals surface area contributed by atoms with Crippen molar-refractivity contribution in [3.05, 3.63) is 47.0 Å². The van der Waals surface area contributed by atoms with Crippen LogP contribution in [0.2, 0.25) is 0 Å². The lowest BCUT2D eigenvalue weighted by atomic mass is 9.84. The van der Waals surface area contributed by atoms with E-state index in [9.17, 15) is 0 Å². The van der Waals surface area contributed by atoms with Crippen molar-refractivity contribution in [3.63, 3.8) is 0 Å². The maximum absolute atomic E-state index is 6.34. The van der Waals surface area contributed by atoms with Crippen molar-refractivity contribution in [3.8, 4) is 0 Å². The van der Waals surface area contributed by atoms with Crippen molar-refractivity contribution in [1.82, 2.24) is 0 Å². The molecule has 0 aliphatic carbocycles. The molecule has 0 amide bonds. The summed E-state index contributed by atoms with van der Waals surface area (Å²) in [6.45, 7) is 11.6. The van der Waals surface area contributed by atoms with Crippen LogP contribution in [-0.4, -0.2) is 36.8 Å². The molecule has 3 unspecified atom stereocenters. The molecule has 0 aromatic heterocycles. The van der Waals surface area contributed by atoms with Crippen LogP contribution in [0.15, 0.2) is 30.4 Å². The highest BCUT2D eigenvalue weighted by Crippen LogP contribution is 2.54. The second-order valence-corrected chi connectivity index (χ2v) is 7.71. The van der Waals surface area contributed by atoms with Gasteiger partial charge in [0.25, 0.3) is 0 Å². The van der Waals surface area contributed by atoms with Crippen molar-refractivity contribution in [2.45, 2.75) is 51.3 Å². The molecule has 21 heavy (non-hydrogen) atoms. The van der Waals surface area contributed by atoms with Crippen molar-refractivity contribution in [2.75, 3.05) is 20.7 Å². The highest BCUT2D eigenvalue weighted by molar-refractivity contribution is 5.34. The highest BCUT2D eigenvalue weighted by atomic mass is 16.5. The first-order valence-corrected chi connectivity index (χ1v) is 7.97. The molecular formula is C19H28NO+. The highest BCUT2D eigenvalue weighted by Gasteiger charge is 2.61. The van der Waals surface area contributed by atoms with E-state index in [4.69, 9.17) is 4.74 Å². The molecule has 3 atom stereocenters. The maximum Gasteiger partial charge on any atom is 0.144 e. The van der Waals surface area contributed by atoms with E-state index < -0.39 is 0 Å². The number of ether oxygens (including phenoxy) is 1. The minimum atomic E-state index is -0.0539. The summed E-state index contributed by atoms with van der Waals surface area (Å²) in [6, 6.07) is 7.92. The van der Waals surface area contributed by atoms with Crippen LogP contribution in [0.4, 0.5) is 0 Å². The average molecular weight is 286 g/mol. The Bertz CT molecular complexity index is 589. The summed E-state index contributed by atoms with van der Waals surface area (Å²) < 4.78 is 7.34. The van der Waals surface area contributed by atoms with Crippen molar-refractivity contribution in [1.29, 1.82) is 0 Å². The van der Waals surface area contributed by atoms with Gasteiger partial charge in [-0.15, -0.1) is 0 Å². The first-order valence-electron chi connectivity index (χ1n) is 7.97. The van der Waals surface area contributed by atoms with E-state index in [1.807, 2.05) is 0 Å². The van der Waals surface area contributed by atoms with Crippen molar-refractivity contribution >= 4 is 0 Å². The first kappa shape index (κ1) is 14.8. The first-order chi connectivity index (χ1) is 9.76. The fourth-order valence-corrected chi connectivity index (χ4v) is 4.41. The minimum Gasteiger partial charge on any atom is -0.363 e. The summed E-state index contributed by atoms with van der Waals surface area (Å²) >= 11 is 0. The molecule has 1 aromatic carbocycles. The Morgan fingerprint density at radius 2 is 1.95 bits per heavy atom. The van der Waals surface area contributed by atoms with Crippen LogP contribution < -0.4 is 0 Å². The Morgan fingerprint density at radius 3 is 2.52 bits per heavy atom. The largest absolute Gasteiger partial charge is 0.363 e. The molecule has 114 valence electrons. The molecule has 2 nitrogen and oxygen atoms in total. The SMILES string of the molecule is C=C1COC2(C1)CC(C)[N+](C)(C)C2c1ccc(C)c(C)c1.